The molecule has 5 heteroatoms. The lowest BCUT2D eigenvalue weighted by molar-refractivity contribution is 0.0515. The molecule has 0 radical (unpaired) electrons. The van der Waals surface area contributed by atoms with Gasteiger partial charge in [0.2, 0.25) is 0 Å². The first-order chi connectivity index (χ1) is 7.72. The van der Waals surface area contributed by atoms with Crippen molar-refractivity contribution in [3.05, 3.63) is 24.2 Å². The van der Waals surface area contributed by atoms with E-state index in [0.717, 1.165) is 19.6 Å². The second-order valence-corrected chi connectivity index (χ2v) is 4.16. The van der Waals surface area contributed by atoms with E-state index in [9.17, 15) is 4.79 Å². The highest BCUT2D eigenvalue weighted by molar-refractivity contribution is 5.94. The molecule has 1 unspecified atom stereocenters. The van der Waals surface area contributed by atoms with Crippen molar-refractivity contribution in [2.24, 2.45) is 5.73 Å². The van der Waals surface area contributed by atoms with Crippen molar-refractivity contribution >= 4 is 5.91 Å². The Hall–Kier alpha value is -1.33. The lowest BCUT2D eigenvalue weighted by atomic mass is 10.1. The molecule has 16 heavy (non-hydrogen) atoms. The van der Waals surface area contributed by atoms with Crippen LogP contribution in [0.15, 0.2) is 23.0 Å². The van der Waals surface area contributed by atoms with Gasteiger partial charge in [0.15, 0.2) is 0 Å². The van der Waals surface area contributed by atoms with E-state index in [1.54, 1.807) is 6.07 Å². The molecule has 88 valence electrons. The number of carbonyl (C=O) groups is 1. The van der Waals surface area contributed by atoms with Gasteiger partial charge in [0.05, 0.1) is 17.9 Å². The molecule has 1 fully saturated rings. The molecule has 1 aliphatic rings. The summed E-state index contributed by atoms with van der Waals surface area (Å²) in [6, 6.07) is 1.79. The highest BCUT2D eigenvalue weighted by atomic mass is 16.3. The van der Waals surface area contributed by atoms with Crippen LogP contribution in [0.4, 0.5) is 0 Å². The predicted octanol–water partition coefficient (Wildman–Crippen LogP) is -0.00550. The third kappa shape index (κ3) is 2.10. The number of carbonyl (C=O) groups excluding carboxylic acids is 1. The molecule has 0 bridgehead atoms. The largest absolute Gasteiger partial charge is 0.472 e. The molecule has 1 saturated heterocycles. The van der Waals surface area contributed by atoms with E-state index in [-0.39, 0.29) is 11.9 Å². The van der Waals surface area contributed by atoms with Gasteiger partial charge in [0.1, 0.15) is 6.26 Å². The summed E-state index contributed by atoms with van der Waals surface area (Å²) in [5.74, 6) is 0.0114. The zero-order valence-electron chi connectivity index (χ0n) is 9.43. The fourth-order valence-corrected chi connectivity index (χ4v) is 2.03. The second kappa shape index (κ2) is 4.67. The standard InChI is InChI=1S/C11H17N3O2/c1-13-3-4-14(10(6-12)7-13)11(15)9-2-5-16-8-9/h2,5,8,10H,3-4,6-7,12H2,1H3. The fourth-order valence-electron chi connectivity index (χ4n) is 2.03. The van der Waals surface area contributed by atoms with Gasteiger partial charge in [-0.1, -0.05) is 0 Å². The van der Waals surface area contributed by atoms with Gasteiger partial charge in [-0.3, -0.25) is 4.79 Å². The Morgan fingerprint density at radius 1 is 1.62 bits per heavy atom. The van der Waals surface area contributed by atoms with Gasteiger partial charge in [0, 0.05) is 26.2 Å². The normalized spacial score (nSPS) is 22.4. The summed E-state index contributed by atoms with van der Waals surface area (Å²) in [5.41, 5.74) is 6.30. The van der Waals surface area contributed by atoms with Crippen LogP contribution < -0.4 is 5.73 Å². The van der Waals surface area contributed by atoms with Crippen molar-refractivity contribution in [2.75, 3.05) is 33.2 Å². The number of nitrogens with zero attached hydrogens (tertiary/aromatic N) is 2. The number of piperazine rings is 1. The smallest absolute Gasteiger partial charge is 0.257 e. The molecular weight excluding hydrogens is 206 g/mol. The zero-order valence-corrected chi connectivity index (χ0v) is 9.43. The van der Waals surface area contributed by atoms with Crippen LogP contribution in [0, 0.1) is 0 Å². The number of amides is 1. The first-order valence-corrected chi connectivity index (χ1v) is 5.44. The van der Waals surface area contributed by atoms with Crippen LogP contribution in [-0.2, 0) is 0 Å². The maximum Gasteiger partial charge on any atom is 0.257 e. The van der Waals surface area contributed by atoms with Gasteiger partial charge in [-0.25, -0.2) is 0 Å². The average molecular weight is 223 g/mol. The molecule has 0 aromatic carbocycles. The molecule has 2 heterocycles. The molecule has 2 N–H and O–H groups in total. The zero-order chi connectivity index (χ0) is 11.5. The van der Waals surface area contributed by atoms with Gasteiger partial charge >= 0.3 is 0 Å². The third-order valence-electron chi connectivity index (χ3n) is 2.99. The summed E-state index contributed by atoms with van der Waals surface area (Å²) < 4.78 is 4.93. The van der Waals surface area contributed by atoms with Crippen molar-refractivity contribution in [2.45, 2.75) is 6.04 Å². The molecular formula is C11H17N3O2. The van der Waals surface area contributed by atoms with Crippen LogP contribution in [0.2, 0.25) is 0 Å². The van der Waals surface area contributed by atoms with Crippen LogP contribution >= 0.6 is 0 Å². The van der Waals surface area contributed by atoms with Crippen molar-refractivity contribution < 1.29 is 9.21 Å². The summed E-state index contributed by atoms with van der Waals surface area (Å²) in [7, 11) is 2.04. The summed E-state index contributed by atoms with van der Waals surface area (Å²) in [4.78, 5) is 16.2. The summed E-state index contributed by atoms with van der Waals surface area (Å²) in [6.45, 7) is 2.94. The average Bonchev–Trinajstić information content (AvgIpc) is 2.81. The van der Waals surface area contributed by atoms with Gasteiger partial charge in [-0.05, 0) is 13.1 Å². The van der Waals surface area contributed by atoms with Crippen molar-refractivity contribution in [1.82, 2.24) is 9.80 Å². The molecule has 1 atom stereocenters. The molecule has 1 amide bonds. The minimum Gasteiger partial charge on any atom is -0.472 e. The number of likely N-dealkylation sites (N-methyl/N-ethyl adjacent to an activating group) is 1. The van der Waals surface area contributed by atoms with E-state index in [1.165, 1.54) is 12.5 Å². The minimum atomic E-state index is 0.0114. The Labute approximate surface area is 94.8 Å². The van der Waals surface area contributed by atoms with Crippen molar-refractivity contribution in [3.8, 4) is 0 Å². The number of hydrogen-bond acceptors (Lipinski definition) is 4. The predicted molar refractivity (Wildman–Crippen MR) is 60.1 cm³/mol. The summed E-state index contributed by atoms with van der Waals surface area (Å²) >= 11 is 0. The number of rotatable bonds is 2. The number of furan rings is 1. The van der Waals surface area contributed by atoms with E-state index in [1.807, 2.05) is 11.9 Å². The van der Waals surface area contributed by atoms with Gasteiger partial charge in [-0.15, -0.1) is 0 Å². The molecule has 1 aromatic rings. The molecule has 1 aromatic heterocycles. The van der Waals surface area contributed by atoms with Crippen LogP contribution in [0.1, 0.15) is 10.4 Å². The number of nitrogens with two attached hydrogens (primary N) is 1. The lowest BCUT2D eigenvalue weighted by Crippen LogP contribution is -2.56. The quantitative estimate of drug-likeness (QED) is 0.766. The topological polar surface area (TPSA) is 62.7 Å². The van der Waals surface area contributed by atoms with Crippen LogP contribution in [0.3, 0.4) is 0 Å². The molecule has 0 saturated carbocycles. The first kappa shape index (κ1) is 11.2. The lowest BCUT2D eigenvalue weighted by Gasteiger charge is -2.39. The molecule has 0 aliphatic carbocycles. The Morgan fingerprint density at radius 2 is 2.44 bits per heavy atom. The van der Waals surface area contributed by atoms with E-state index in [4.69, 9.17) is 10.2 Å². The van der Waals surface area contributed by atoms with Gasteiger partial charge in [-0.2, -0.15) is 0 Å². The highest BCUT2D eigenvalue weighted by Crippen LogP contribution is 2.13. The van der Waals surface area contributed by atoms with Crippen LogP contribution in [-0.4, -0.2) is 55.0 Å². The Balaban J connectivity index is 2.10. The third-order valence-corrected chi connectivity index (χ3v) is 2.99. The van der Waals surface area contributed by atoms with Crippen molar-refractivity contribution in [1.29, 1.82) is 0 Å². The van der Waals surface area contributed by atoms with Crippen molar-refractivity contribution in [3.63, 3.8) is 0 Å². The second-order valence-electron chi connectivity index (χ2n) is 4.16. The molecule has 0 spiro atoms. The molecule has 2 rings (SSSR count). The van der Waals surface area contributed by atoms with E-state index in [2.05, 4.69) is 4.90 Å². The molecule has 1 aliphatic heterocycles. The van der Waals surface area contributed by atoms with Gasteiger partial charge in [0.25, 0.3) is 5.91 Å². The first-order valence-electron chi connectivity index (χ1n) is 5.44. The Morgan fingerprint density at radius 3 is 3.06 bits per heavy atom. The maximum atomic E-state index is 12.1. The Bertz CT molecular complexity index is 350. The highest BCUT2D eigenvalue weighted by Gasteiger charge is 2.28. The van der Waals surface area contributed by atoms with Gasteiger partial charge < -0.3 is 20.0 Å². The van der Waals surface area contributed by atoms with Crippen LogP contribution in [0.5, 0.6) is 0 Å². The minimum absolute atomic E-state index is 0.0114. The monoisotopic (exact) mass is 223 g/mol. The Kier molecular flexibility index (Phi) is 3.26. The summed E-state index contributed by atoms with van der Waals surface area (Å²) in [6.07, 6.45) is 3.00. The maximum absolute atomic E-state index is 12.1. The van der Waals surface area contributed by atoms with Crippen LogP contribution in [0.25, 0.3) is 0 Å². The van der Waals surface area contributed by atoms with E-state index < -0.39 is 0 Å². The van der Waals surface area contributed by atoms with E-state index >= 15 is 0 Å². The fraction of sp³-hybridized carbons (Fsp3) is 0.545. The SMILES string of the molecule is CN1CCN(C(=O)c2ccoc2)C(CN)C1. The summed E-state index contributed by atoms with van der Waals surface area (Å²) in [5, 5.41) is 0. The number of hydrogen-bond donors (Lipinski definition) is 1. The molecule has 5 nitrogen and oxygen atoms in total. The van der Waals surface area contributed by atoms with E-state index in [0.29, 0.717) is 12.1 Å².